The summed E-state index contributed by atoms with van der Waals surface area (Å²) in [7, 11) is 0. The van der Waals surface area contributed by atoms with Crippen LogP contribution < -0.4 is 5.43 Å². The second kappa shape index (κ2) is 3.81. The Labute approximate surface area is 88.4 Å². The lowest BCUT2D eigenvalue weighted by atomic mass is 10.0. The highest BCUT2D eigenvalue weighted by molar-refractivity contribution is 6.04. The molecule has 0 fully saturated rings. The molecule has 0 saturated heterocycles. The molecule has 0 atom stereocenters. The SMILES string of the molecule is Cc1cc(C2=NNC(=O)CC2)cc(C)n1. The Balaban J connectivity index is 2.33. The first-order valence-corrected chi connectivity index (χ1v) is 4.96. The number of carbonyl (C=O) groups is 1. The number of aromatic nitrogens is 1. The van der Waals surface area contributed by atoms with Crippen LogP contribution in [0.4, 0.5) is 0 Å². The zero-order chi connectivity index (χ0) is 10.8. The van der Waals surface area contributed by atoms with Gasteiger partial charge in [-0.1, -0.05) is 0 Å². The highest BCUT2D eigenvalue weighted by atomic mass is 16.2. The standard InChI is InChI=1S/C11H13N3O/c1-7-5-9(6-8(2)12-7)10-3-4-11(15)14-13-10/h5-6H,3-4H2,1-2H3,(H,14,15). The molecule has 1 aliphatic heterocycles. The molecule has 1 aliphatic rings. The third kappa shape index (κ3) is 2.21. The highest BCUT2D eigenvalue weighted by Gasteiger charge is 2.13. The molecule has 4 nitrogen and oxygen atoms in total. The molecule has 15 heavy (non-hydrogen) atoms. The molecule has 78 valence electrons. The molecule has 1 aromatic rings. The predicted molar refractivity (Wildman–Crippen MR) is 57.6 cm³/mol. The number of hydrogen-bond donors (Lipinski definition) is 1. The number of nitrogens with zero attached hydrogens (tertiary/aromatic N) is 2. The van der Waals surface area contributed by atoms with Crippen LogP contribution in [0.3, 0.4) is 0 Å². The van der Waals surface area contributed by atoms with Crippen LogP contribution in [0.25, 0.3) is 0 Å². The first-order chi connectivity index (χ1) is 7.15. The van der Waals surface area contributed by atoms with Gasteiger partial charge in [0.25, 0.3) is 0 Å². The molecule has 0 unspecified atom stereocenters. The largest absolute Gasteiger partial charge is 0.273 e. The fourth-order valence-corrected chi connectivity index (χ4v) is 1.68. The van der Waals surface area contributed by atoms with E-state index in [-0.39, 0.29) is 5.91 Å². The minimum Gasteiger partial charge on any atom is -0.273 e. The van der Waals surface area contributed by atoms with Crippen molar-refractivity contribution in [2.24, 2.45) is 5.10 Å². The van der Waals surface area contributed by atoms with Crippen molar-refractivity contribution in [3.8, 4) is 0 Å². The van der Waals surface area contributed by atoms with Crippen molar-refractivity contribution in [3.63, 3.8) is 0 Å². The van der Waals surface area contributed by atoms with Crippen molar-refractivity contribution in [2.45, 2.75) is 26.7 Å². The van der Waals surface area contributed by atoms with Gasteiger partial charge in [0.15, 0.2) is 0 Å². The van der Waals surface area contributed by atoms with Crippen LogP contribution in [0.2, 0.25) is 0 Å². The van der Waals surface area contributed by atoms with Crippen LogP contribution in [0.1, 0.15) is 29.8 Å². The van der Waals surface area contributed by atoms with Crippen molar-refractivity contribution < 1.29 is 4.79 Å². The number of carbonyl (C=O) groups excluding carboxylic acids is 1. The third-order valence-electron chi connectivity index (χ3n) is 2.32. The van der Waals surface area contributed by atoms with Crippen LogP contribution in [0.15, 0.2) is 17.2 Å². The Kier molecular flexibility index (Phi) is 2.49. The van der Waals surface area contributed by atoms with E-state index in [4.69, 9.17) is 0 Å². The molecule has 1 amide bonds. The van der Waals surface area contributed by atoms with Gasteiger partial charge < -0.3 is 0 Å². The van der Waals surface area contributed by atoms with Crippen LogP contribution in [-0.2, 0) is 4.79 Å². The summed E-state index contributed by atoms with van der Waals surface area (Å²) < 4.78 is 0. The monoisotopic (exact) mass is 203 g/mol. The average Bonchev–Trinajstić information content (AvgIpc) is 2.17. The van der Waals surface area contributed by atoms with E-state index in [9.17, 15) is 4.79 Å². The van der Waals surface area contributed by atoms with Crippen molar-refractivity contribution in [1.82, 2.24) is 10.4 Å². The number of nitrogens with one attached hydrogen (secondary N) is 1. The summed E-state index contributed by atoms with van der Waals surface area (Å²) in [5.41, 5.74) is 6.44. The molecule has 2 rings (SSSR count). The molecule has 0 radical (unpaired) electrons. The number of hydrazone groups is 1. The van der Waals surface area contributed by atoms with Gasteiger partial charge in [0, 0.05) is 29.8 Å². The van der Waals surface area contributed by atoms with E-state index >= 15 is 0 Å². The molecule has 1 aromatic heterocycles. The maximum absolute atomic E-state index is 10.9. The van der Waals surface area contributed by atoms with E-state index < -0.39 is 0 Å². The van der Waals surface area contributed by atoms with Crippen LogP contribution >= 0.6 is 0 Å². The molecule has 1 N–H and O–H groups in total. The quantitative estimate of drug-likeness (QED) is 0.748. The van der Waals surface area contributed by atoms with E-state index in [2.05, 4.69) is 15.5 Å². The zero-order valence-electron chi connectivity index (χ0n) is 8.87. The molecular formula is C11H13N3O. The minimum absolute atomic E-state index is 0.0127. The van der Waals surface area contributed by atoms with Gasteiger partial charge in [-0.3, -0.25) is 9.78 Å². The van der Waals surface area contributed by atoms with Gasteiger partial charge in [0.05, 0.1) is 5.71 Å². The summed E-state index contributed by atoms with van der Waals surface area (Å²) in [5.74, 6) is -0.0127. The lowest BCUT2D eigenvalue weighted by Crippen LogP contribution is -2.26. The second-order valence-electron chi connectivity index (χ2n) is 3.73. The number of amides is 1. The highest BCUT2D eigenvalue weighted by Crippen LogP contribution is 2.12. The molecule has 0 aromatic carbocycles. The first-order valence-electron chi connectivity index (χ1n) is 4.96. The van der Waals surface area contributed by atoms with Gasteiger partial charge in [-0.15, -0.1) is 0 Å². The first kappa shape index (κ1) is 9.83. The van der Waals surface area contributed by atoms with Crippen molar-refractivity contribution in [2.75, 3.05) is 0 Å². The molecule has 0 saturated carbocycles. The van der Waals surface area contributed by atoms with Crippen molar-refractivity contribution >= 4 is 11.6 Å². The summed E-state index contributed by atoms with van der Waals surface area (Å²) in [6, 6.07) is 3.98. The number of rotatable bonds is 1. The lowest BCUT2D eigenvalue weighted by molar-refractivity contribution is -0.121. The van der Waals surface area contributed by atoms with Crippen LogP contribution in [0, 0.1) is 13.8 Å². The summed E-state index contributed by atoms with van der Waals surface area (Å²) in [5, 5.41) is 4.05. The third-order valence-corrected chi connectivity index (χ3v) is 2.32. The molecular weight excluding hydrogens is 190 g/mol. The van der Waals surface area contributed by atoms with E-state index in [0.29, 0.717) is 12.8 Å². The smallest absolute Gasteiger partial charge is 0.240 e. The van der Waals surface area contributed by atoms with E-state index in [1.807, 2.05) is 26.0 Å². The van der Waals surface area contributed by atoms with Gasteiger partial charge in [0.2, 0.25) is 5.91 Å². The summed E-state index contributed by atoms with van der Waals surface area (Å²) in [6.07, 6.45) is 1.22. The van der Waals surface area contributed by atoms with E-state index in [1.165, 1.54) is 0 Å². The summed E-state index contributed by atoms with van der Waals surface area (Å²) in [4.78, 5) is 15.2. The number of hydrogen-bond acceptors (Lipinski definition) is 3. The molecule has 0 spiro atoms. The number of aryl methyl sites for hydroxylation is 2. The fraction of sp³-hybridized carbons (Fsp3) is 0.364. The van der Waals surface area contributed by atoms with Gasteiger partial charge in [-0.2, -0.15) is 5.10 Å². The Hall–Kier alpha value is -1.71. The van der Waals surface area contributed by atoms with Crippen molar-refractivity contribution in [1.29, 1.82) is 0 Å². The van der Waals surface area contributed by atoms with E-state index in [0.717, 1.165) is 22.7 Å². The normalized spacial score (nSPS) is 15.9. The molecule has 4 heteroatoms. The van der Waals surface area contributed by atoms with Crippen LogP contribution in [0.5, 0.6) is 0 Å². The number of pyridine rings is 1. The Bertz CT molecular complexity index is 417. The fourth-order valence-electron chi connectivity index (χ4n) is 1.68. The van der Waals surface area contributed by atoms with Gasteiger partial charge in [0.1, 0.15) is 0 Å². The lowest BCUT2D eigenvalue weighted by Gasteiger charge is -2.12. The molecule has 0 bridgehead atoms. The summed E-state index contributed by atoms with van der Waals surface area (Å²) in [6.45, 7) is 3.91. The predicted octanol–water partition coefficient (Wildman–Crippen LogP) is 1.31. The minimum atomic E-state index is -0.0127. The molecule has 2 heterocycles. The van der Waals surface area contributed by atoms with Gasteiger partial charge >= 0.3 is 0 Å². The Morgan fingerprint density at radius 3 is 2.40 bits per heavy atom. The average molecular weight is 203 g/mol. The second-order valence-corrected chi connectivity index (χ2v) is 3.73. The Morgan fingerprint density at radius 2 is 1.87 bits per heavy atom. The topological polar surface area (TPSA) is 54.4 Å². The summed E-state index contributed by atoms with van der Waals surface area (Å²) >= 11 is 0. The van der Waals surface area contributed by atoms with Gasteiger partial charge in [-0.05, 0) is 26.0 Å². The zero-order valence-corrected chi connectivity index (χ0v) is 8.87. The Morgan fingerprint density at radius 1 is 1.20 bits per heavy atom. The van der Waals surface area contributed by atoms with Crippen LogP contribution in [-0.4, -0.2) is 16.6 Å². The van der Waals surface area contributed by atoms with Crippen molar-refractivity contribution in [3.05, 3.63) is 29.1 Å². The maximum Gasteiger partial charge on any atom is 0.240 e. The maximum atomic E-state index is 10.9. The molecule has 0 aliphatic carbocycles. The van der Waals surface area contributed by atoms with Gasteiger partial charge in [-0.25, -0.2) is 5.43 Å². The van der Waals surface area contributed by atoms with E-state index in [1.54, 1.807) is 0 Å².